The van der Waals surface area contributed by atoms with Gasteiger partial charge in [0.2, 0.25) is 0 Å². The zero-order valence-corrected chi connectivity index (χ0v) is 10.2. The first-order chi connectivity index (χ1) is 8.65. The fourth-order valence-electron chi connectivity index (χ4n) is 1.91. The molecule has 0 radical (unpaired) electrons. The van der Waals surface area contributed by atoms with Gasteiger partial charge in [0.25, 0.3) is 0 Å². The number of carbonyl (C=O) groups is 1. The van der Waals surface area contributed by atoms with Crippen LogP contribution in [0.3, 0.4) is 0 Å². The molecule has 0 fully saturated rings. The van der Waals surface area contributed by atoms with Crippen molar-refractivity contribution in [2.45, 2.75) is 6.92 Å². The van der Waals surface area contributed by atoms with Crippen LogP contribution in [0.15, 0.2) is 39.5 Å². The van der Waals surface area contributed by atoms with Gasteiger partial charge in [-0.25, -0.2) is 4.79 Å². The van der Waals surface area contributed by atoms with E-state index in [1.807, 2.05) is 24.3 Å². The summed E-state index contributed by atoms with van der Waals surface area (Å²) in [4.78, 5) is 22.0. The molecule has 18 heavy (non-hydrogen) atoms. The van der Waals surface area contributed by atoms with Gasteiger partial charge in [-0.05, 0) is 0 Å². The lowest BCUT2D eigenvalue weighted by atomic mass is 10.1. The summed E-state index contributed by atoms with van der Waals surface area (Å²) < 4.78 is 11.0. The zero-order chi connectivity index (χ0) is 12.7. The third-order valence-corrected chi connectivity index (χ3v) is 3.33. The summed E-state index contributed by atoms with van der Waals surface area (Å²) in [5.74, 6) is 0.0537. The Morgan fingerprint density at radius 3 is 2.72 bits per heavy atom. The Balaban J connectivity index is 2.45. The van der Waals surface area contributed by atoms with E-state index in [1.165, 1.54) is 6.92 Å². The van der Waals surface area contributed by atoms with Gasteiger partial charge in [-0.3, -0.25) is 4.79 Å². The van der Waals surface area contributed by atoms with E-state index in [1.54, 1.807) is 6.07 Å². The van der Waals surface area contributed by atoms with Crippen LogP contribution in [-0.2, 0) is 4.79 Å². The molecule has 0 amide bonds. The Hall–Kier alpha value is -2.14. The normalized spacial score (nSPS) is 10.9. The Kier molecular flexibility index (Phi) is 2.41. The largest absolute Gasteiger partial charge is 0.426 e. The van der Waals surface area contributed by atoms with Gasteiger partial charge in [0.15, 0.2) is 5.58 Å². The minimum Gasteiger partial charge on any atom is -0.426 e. The second kappa shape index (κ2) is 3.96. The monoisotopic (exact) mass is 260 g/mol. The lowest BCUT2D eigenvalue weighted by molar-refractivity contribution is -0.131. The number of rotatable bonds is 1. The summed E-state index contributed by atoms with van der Waals surface area (Å²) in [6.07, 6.45) is 0. The number of esters is 1. The van der Waals surface area contributed by atoms with Gasteiger partial charge < -0.3 is 9.15 Å². The standard InChI is InChI=1S/C13H8O4S/c1-7(14)16-10-6-11-12(17-13(15)18-11)9-5-3-2-4-8(9)10/h2-6H,1H3. The predicted octanol–water partition coefficient (Wildman–Crippen LogP) is 2.93. The van der Waals surface area contributed by atoms with Crippen molar-refractivity contribution in [2.24, 2.45) is 0 Å². The van der Waals surface area contributed by atoms with E-state index in [0.717, 1.165) is 22.1 Å². The molecule has 0 aliphatic heterocycles. The first-order valence-corrected chi connectivity index (χ1v) is 6.10. The van der Waals surface area contributed by atoms with Crippen LogP contribution < -0.4 is 9.68 Å². The molecule has 3 aromatic rings. The maximum Gasteiger partial charge on any atom is 0.396 e. The number of carbonyl (C=O) groups excluding carboxylic acids is 1. The molecular formula is C13H8O4S. The van der Waals surface area contributed by atoms with E-state index in [0.29, 0.717) is 16.0 Å². The minimum absolute atomic E-state index is 0.366. The van der Waals surface area contributed by atoms with Crippen molar-refractivity contribution in [3.8, 4) is 5.75 Å². The van der Waals surface area contributed by atoms with E-state index < -0.39 is 5.97 Å². The number of ether oxygens (including phenoxy) is 1. The average molecular weight is 260 g/mol. The molecule has 1 aromatic heterocycles. The summed E-state index contributed by atoms with van der Waals surface area (Å²) in [6, 6.07) is 9.00. The van der Waals surface area contributed by atoms with E-state index in [9.17, 15) is 9.59 Å². The van der Waals surface area contributed by atoms with Gasteiger partial charge in [0.1, 0.15) is 5.75 Å². The maximum atomic E-state index is 11.3. The van der Waals surface area contributed by atoms with Crippen LogP contribution in [-0.4, -0.2) is 5.97 Å². The van der Waals surface area contributed by atoms with Crippen molar-refractivity contribution in [3.05, 3.63) is 40.1 Å². The molecule has 4 nitrogen and oxygen atoms in total. The maximum absolute atomic E-state index is 11.3. The molecule has 2 aromatic carbocycles. The SMILES string of the molecule is CC(=O)Oc1cc2sc(=O)oc2c2ccccc12. The molecule has 0 bridgehead atoms. The third-order valence-electron chi connectivity index (χ3n) is 2.56. The fourth-order valence-corrected chi connectivity index (χ4v) is 2.62. The number of hydrogen-bond acceptors (Lipinski definition) is 5. The van der Waals surface area contributed by atoms with Crippen LogP contribution in [0.4, 0.5) is 0 Å². The molecule has 0 aliphatic rings. The van der Waals surface area contributed by atoms with E-state index in [2.05, 4.69) is 0 Å². The second-order valence-corrected chi connectivity index (χ2v) is 4.77. The molecule has 0 aliphatic carbocycles. The van der Waals surface area contributed by atoms with Gasteiger partial charge in [-0.2, -0.15) is 0 Å². The lowest BCUT2D eigenvalue weighted by Crippen LogP contribution is -2.01. The Morgan fingerprint density at radius 1 is 1.28 bits per heavy atom. The molecule has 1 heterocycles. The highest BCUT2D eigenvalue weighted by atomic mass is 32.1. The van der Waals surface area contributed by atoms with Crippen LogP contribution in [0, 0.1) is 0 Å². The van der Waals surface area contributed by atoms with Crippen molar-refractivity contribution in [3.63, 3.8) is 0 Å². The lowest BCUT2D eigenvalue weighted by Gasteiger charge is -2.05. The van der Waals surface area contributed by atoms with Crippen molar-refractivity contribution in [2.75, 3.05) is 0 Å². The highest BCUT2D eigenvalue weighted by molar-refractivity contribution is 7.16. The molecule has 90 valence electrons. The minimum atomic E-state index is -0.393. The first-order valence-electron chi connectivity index (χ1n) is 5.29. The first kappa shape index (κ1) is 11.0. The highest BCUT2D eigenvalue weighted by Crippen LogP contribution is 2.34. The molecule has 0 unspecified atom stereocenters. The van der Waals surface area contributed by atoms with Crippen LogP contribution >= 0.6 is 11.3 Å². The quantitative estimate of drug-likeness (QED) is 0.498. The molecular weight excluding hydrogens is 252 g/mol. The van der Waals surface area contributed by atoms with Crippen molar-refractivity contribution in [1.29, 1.82) is 0 Å². The Labute approximate surface area is 105 Å². The molecule has 5 heteroatoms. The van der Waals surface area contributed by atoms with Gasteiger partial charge in [-0.1, -0.05) is 35.6 Å². The second-order valence-electron chi connectivity index (χ2n) is 3.80. The van der Waals surface area contributed by atoms with Gasteiger partial charge >= 0.3 is 10.9 Å². The van der Waals surface area contributed by atoms with Crippen LogP contribution in [0.2, 0.25) is 0 Å². The molecule has 0 saturated heterocycles. The predicted molar refractivity (Wildman–Crippen MR) is 69.2 cm³/mol. The Bertz CT molecular complexity index is 813. The number of benzene rings is 2. The summed E-state index contributed by atoms with van der Waals surface area (Å²) in [7, 11) is 0. The molecule has 0 atom stereocenters. The zero-order valence-electron chi connectivity index (χ0n) is 9.43. The van der Waals surface area contributed by atoms with Crippen LogP contribution in [0.1, 0.15) is 6.92 Å². The number of hydrogen-bond donors (Lipinski definition) is 0. The van der Waals surface area contributed by atoms with Crippen molar-refractivity contribution in [1.82, 2.24) is 0 Å². The highest BCUT2D eigenvalue weighted by Gasteiger charge is 2.13. The van der Waals surface area contributed by atoms with Gasteiger partial charge in [-0.15, -0.1) is 0 Å². The summed E-state index contributed by atoms with van der Waals surface area (Å²) in [6.45, 7) is 1.34. The molecule has 0 saturated carbocycles. The van der Waals surface area contributed by atoms with E-state index in [4.69, 9.17) is 9.15 Å². The van der Waals surface area contributed by atoms with Crippen molar-refractivity contribution >= 4 is 38.4 Å². The molecule has 0 N–H and O–H groups in total. The molecule has 3 rings (SSSR count). The van der Waals surface area contributed by atoms with Crippen molar-refractivity contribution < 1.29 is 13.9 Å². The number of fused-ring (bicyclic) bond motifs is 3. The van der Waals surface area contributed by atoms with Crippen LogP contribution in [0.25, 0.3) is 21.1 Å². The molecule has 0 spiro atoms. The average Bonchev–Trinajstić information content (AvgIpc) is 2.69. The Morgan fingerprint density at radius 2 is 2.00 bits per heavy atom. The summed E-state index contributed by atoms with van der Waals surface area (Å²) in [5.41, 5.74) is 0.538. The fraction of sp³-hybridized carbons (Fsp3) is 0.0769. The smallest absolute Gasteiger partial charge is 0.396 e. The van der Waals surface area contributed by atoms with E-state index in [-0.39, 0.29) is 4.94 Å². The van der Waals surface area contributed by atoms with Gasteiger partial charge in [0, 0.05) is 23.8 Å². The topological polar surface area (TPSA) is 56.5 Å². The summed E-state index contributed by atoms with van der Waals surface area (Å²) in [5, 5.41) is 1.52. The van der Waals surface area contributed by atoms with Gasteiger partial charge in [0.05, 0.1) is 4.70 Å². The van der Waals surface area contributed by atoms with Crippen LogP contribution in [0.5, 0.6) is 5.75 Å². The van der Waals surface area contributed by atoms with E-state index >= 15 is 0 Å². The third kappa shape index (κ3) is 1.69. The summed E-state index contributed by atoms with van der Waals surface area (Å²) >= 11 is 0.995.